The van der Waals surface area contributed by atoms with Gasteiger partial charge in [0.2, 0.25) is 0 Å². The fourth-order valence-electron chi connectivity index (χ4n) is 3.23. The maximum atomic E-state index is 13.0. The highest BCUT2D eigenvalue weighted by Gasteiger charge is 2.14. The second kappa shape index (κ2) is 11.4. The average molecular weight is 440 g/mol. The van der Waals surface area contributed by atoms with Crippen LogP contribution in [0.2, 0.25) is 0 Å². The quantitative estimate of drug-likeness (QED) is 0.309. The fourth-order valence-corrected chi connectivity index (χ4v) is 3.23. The van der Waals surface area contributed by atoms with Crippen LogP contribution in [0.1, 0.15) is 15.9 Å². The van der Waals surface area contributed by atoms with Crippen LogP contribution >= 0.6 is 0 Å². The summed E-state index contributed by atoms with van der Waals surface area (Å²) in [6.07, 6.45) is 0. The molecule has 0 aliphatic heterocycles. The molecule has 0 heterocycles. The highest BCUT2D eigenvalue weighted by Crippen LogP contribution is 2.27. The molecule has 1 N–H and O–H groups in total. The van der Waals surface area contributed by atoms with Crippen LogP contribution in [0, 0.1) is 0 Å². The minimum Gasteiger partial charge on any atom is -0.490 e. The SMILES string of the molecule is O=C(Nc1ccccc1OCc1ccccc1)c1ccccc1OCCOc1ccccc1. The van der Waals surface area contributed by atoms with Gasteiger partial charge in [0.15, 0.2) is 0 Å². The second-order valence-corrected chi connectivity index (χ2v) is 7.23. The number of para-hydroxylation sites is 4. The number of anilines is 1. The summed E-state index contributed by atoms with van der Waals surface area (Å²) >= 11 is 0. The van der Waals surface area contributed by atoms with Gasteiger partial charge in [0.05, 0.1) is 11.3 Å². The van der Waals surface area contributed by atoms with Crippen LogP contribution < -0.4 is 19.5 Å². The molecule has 0 aliphatic rings. The van der Waals surface area contributed by atoms with Crippen molar-refractivity contribution in [3.05, 3.63) is 120 Å². The van der Waals surface area contributed by atoms with Gasteiger partial charge < -0.3 is 19.5 Å². The number of rotatable bonds is 10. The molecule has 4 aromatic carbocycles. The largest absolute Gasteiger partial charge is 0.490 e. The summed E-state index contributed by atoms with van der Waals surface area (Å²) in [5.74, 6) is 1.60. The predicted octanol–water partition coefficient (Wildman–Crippen LogP) is 5.98. The van der Waals surface area contributed by atoms with E-state index in [9.17, 15) is 4.79 Å². The smallest absolute Gasteiger partial charge is 0.259 e. The van der Waals surface area contributed by atoms with Gasteiger partial charge in [0.25, 0.3) is 5.91 Å². The lowest BCUT2D eigenvalue weighted by molar-refractivity contribution is 0.102. The van der Waals surface area contributed by atoms with E-state index in [2.05, 4.69) is 5.32 Å². The molecule has 0 bridgehead atoms. The van der Waals surface area contributed by atoms with Crippen molar-refractivity contribution >= 4 is 11.6 Å². The maximum Gasteiger partial charge on any atom is 0.259 e. The molecule has 0 fully saturated rings. The van der Waals surface area contributed by atoms with Crippen molar-refractivity contribution in [2.75, 3.05) is 18.5 Å². The number of carbonyl (C=O) groups is 1. The van der Waals surface area contributed by atoms with Crippen molar-refractivity contribution in [3.63, 3.8) is 0 Å². The number of carbonyl (C=O) groups excluding carboxylic acids is 1. The Morgan fingerprint density at radius 2 is 1.21 bits per heavy atom. The molecule has 33 heavy (non-hydrogen) atoms. The molecule has 4 rings (SSSR count). The molecule has 0 unspecified atom stereocenters. The van der Waals surface area contributed by atoms with Gasteiger partial charge in [0, 0.05) is 0 Å². The van der Waals surface area contributed by atoms with Crippen molar-refractivity contribution in [2.24, 2.45) is 0 Å². The van der Waals surface area contributed by atoms with Crippen molar-refractivity contribution in [1.82, 2.24) is 0 Å². The zero-order chi connectivity index (χ0) is 22.7. The predicted molar refractivity (Wildman–Crippen MR) is 129 cm³/mol. The summed E-state index contributed by atoms with van der Waals surface area (Å²) in [5, 5.41) is 2.94. The molecule has 5 heteroatoms. The molecule has 0 radical (unpaired) electrons. The summed E-state index contributed by atoms with van der Waals surface area (Å²) in [6.45, 7) is 1.10. The third-order valence-electron chi connectivity index (χ3n) is 4.86. The molecule has 0 saturated heterocycles. The van der Waals surface area contributed by atoms with Crippen LogP contribution in [0.15, 0.2) is 109 Å². The van der Waals surface area contributed by atoms with Gasteiger partial charge >= 0.3 is 0 Å². The number of benzene rings is 4. The zero-order valence-corrected chi connectivity index (χ0v) is 18.1. The molecule has 166 valence electrons. The van der Waals surface area contributed by atoms with Gasteiger partial charge in [-0.25, -0.2) is 0 Å². The van der Waals surface area contributed by atoms with E-state index < -0.39 is 0 Å². The van der Waals surface area contributed by atoms with E-state index in [0.717, 1.165) is 11.3 Å². The van der Waals surface area contributed by atoms with Crippen LogP contribution in [0.5, 0.6) is 17.2 Å². The summed E-state index contributed by atoms with van der Waals surface area (Å²) in [5.41, 5.74) is 2.09. The standard InChI is InChI=1S/C28H25NO4/c30-28(29-25-16-8-10-18-27(25)33-21-22-11-3-1-4-12-22)24-15-7-9-17-26(24)32-20-19-31-23-13-5-2-6-14-23/h1-18H,19-21H2,(H,29,30). The minimum absolute atomic E-state index is 0.273. The molecule has 4 aromatic rings. The molecule has 0 aliphatic carbocycles. The van der Waals surface area contributed by atoms with Crippen molar-refractivity contribution in [1.29, 1.82) is 0 Å². The Bertz CT molecular complexity index is 1160. The van der Waals surface area contributed by atoms with E-state index >= 15 is 0 Å². The molecule has 1 amide bonds. The van der Waals surface area contributed by atoms with E-state index in [0.29, 0.717) is 42.6 Å². The lowest BCUT2D eigenvalue weighted by Gasteiger charge is -2.15. The fraction of sp³-hybridized carbons (Fsp3) is 0.107. The van der Waals surface area contributed by atoms with Gasteiger partial charge in [0.1, 0.15) is 37.1 Å². The van der Waals surface area contributed by atoms with Crippen molar-refractivity contribution in [2.45, 2.75) is 6.61 Å². The Morgan fingerprint density at radius 1 is 0.606 bits per heavy atom. The van der Waals surface area contributed by atoms with Crippen molar-refractivity contribution < 1.29 is 19.0 Å². The monoisotopic (exact) mass is 439 g/mol. The number of nitrogens with one attached hydrogen (secondary N) is 1. The van der Waals surface area contributed by atoms with Crippen LogP contribution in [0.3, 0.4) is 0 Å². The average Bonchev–Trinajstić information content (AvgIpc) is 2.87. The third-order valence-corrected chi connectivity index (χ3v) is 4.86. The number of hydrogen-bond donors (Lipinski definition) is 1. The summed E-state index contributed by atoms with van der Waals surface area (Å²) in [7, 11) is 0. The van der Waals surface area contributed by atoms with E-state index in [1.807, 2.05) is 91.0 Å². The molecule has 0 atom stereocenters. The topological polar surface area (TPSA) is 56.8 Å². The van der Waals surface area contributed by atoms with Crippen LogP contribution in [0.4, 0.5) is 5.69 Å². The highest BCUT2D eigenvalue weighted by molar-refractivity contribution is 6.06. The van der Waals surface area contributed by atoms with Crippen LogP contribution in [-0.2, 0) is 6.61 Å². The molecule has 0 aromatic heterocycles. The number of amides is 1. The van der Waals surface area contributed by atoms with Gasteiger partial charge in [-0.15, -0.1) is 0 Å². The van der Waals surface area contributed by atoms with Gasteiger partial charge in [-0.3, -0.25) is 4.79 Å². The Morgan fingerprint density at radius 3 is 2.00 bits per heavy atom. The lowest BCUT2D eigenvalue weighted by atomic mass is 10.1. The Kier molecular flexibility index (Phi) is 7.58. The molecular formula is C28H25NO4. The summed E-state index contributed by atoms with van der Waals surface area (Å²) < 4.78 is 17.4. The zero-order valence-electron chi connectivity index (χ0n) is 18.1. The molecular weight excluding hydrogens is 414 g/mol. The van der Waals surface area contributed by atoms with E-state index in [1.165, 1.54) is 0 Å². The first kappa shape index (κ1) is 22.0. The number of ether oxygens (including phenoxy) is 3. The second-order valence-electron chi connectivity index (χ2n) is 7.23. The van der Waals surface area contributed by atoms with Gasteiger partial charge in [-0.1, -0.05) is 72.8 Å². The lowest BCUT2D eigenvalue weighted by Crippen LogP contribution is -2.16. The minimum atomic E-state index is -0.273. The van der Waals surface area contributed by atoms with Crippen molar-refractivity contribution in [3.8, 4) is 17.2 Å². The van der Waals surface area contributed by atoms with Crippen LogP contribution in [-0.4, -0.2) is 19.1 Å². The molecule has 0 spiro atoms. The van der Waals surface area contributed by atoms with E-state index in [1.54, 1.807) is 18.2 Å². The Hall–Kier alpha value is -4.25. The highest BCUT2D eigenvalue weighted by atomic mass is 16.5. The van der Waals surface area contributed by atoms with Gasteiger partial charge in [-0.05, 0) is 42.0 Å². The first-order valence-electron chi connectivity index (χ1n) is 10.8. The Labute approximate surface area is 193 Å². The van der Waals surface area contributed by atoms with E-state index in [-0.39, 0.29) is 5.91 Å². The summed E-state index contributed by atoms with van der Waals surface area (Å²) in [4.78, 5) is 13.0. The Balaban J connectivity index is 1.38. The van der Waals surface area contributed by atoms with Gasteiger partial charge in [-0.2, -0.15) is 0 Å². The first-order chi connectivity index (χ1) is 16.3. The maximum absolute atomic E-state index is 13.0. The van der Waals surface area contributed by atoms with E-state index in [4.69, 9.17) is 14.2 Å². The third kappa shape index (κ3) is 6.37. The summed E-state index contributed by atoms with van der Waals surface area (Å²) in [6, 6.07) is 34.0. The molecule has 5 nitrogen and oxygen atoms in total. The van der Waals surface area contributed by atoms with Crippen LogP contribution in [0.25, 0.3) is 0 Å². The normalized spacial score (nSPS) is 10.3. The molecule has 0 saturated carbocycles. The number of hydrogen-bond acceptors (Lipinski definition) is 4. The first-order valence-corrected chi connectivity index (χ1v) is 10.8.